The van der Waals surface area contributed by atoms with Crippen molar-refractivity contribution in [1.82, 2.24) is 15.1 Å². The Labute approximate surface area is 117 Å². The van der Waals surface area contributed by atoms with Gasteiger partial charge >= 0.3 is 0 Å². The maximum Gasteiger partial charge on any atom is 0.219 e. The topological polar surface area (TPSA) is 87.3 Å². The van der Waals surface area contributed by atoms with E-state index in [4.69, 9.17) is 5.84 Å². The van der Waals surface area contributed by atoms with Crippen molar-refractivity contribution in [3.05, 3.63) is 5.01 Å². The number of aromatic nitrogens is 2. The number of rotatable bonds is 3. The van der Waals surface area contributed by atoms with Crippen LogP contribution < -0.4 is 11.3 Å². The zero-order chi connectivity index (χ0) is 13.3. The quantitative estimate of drug-likeness (QED) is 0.565. The van der Waals surface area contributed by atoms with Crippen molar-refractivity contribution in [2.75, 3.05) is 18.5 Å². The van der Waals surface area contributed by atoms with Crippen LogP contribution in [-0.2, 0) is 6.54 Å². The van der Waals surface area contributed by atoms with Crippen molar-refractivity contribution in [3.63, 3.8) is 0 Å². The standard InChI is InChI=1S/C12H21N5OS/c13-14-11-16-15-10(19-11)8-17-6-5-12(18)4-2-1-3-9(12)7-17/h9,18H,1-8,13H2,(H,14,16). The first-order valence-corrected chi connectivity index (χ1v) is 7.75. The Morgan fingerprint density at radius 1 is 1.42 bits per heavy atom. The molecule has 19 heavy (non-hydrogen) atoms. The van der Waals surface area contributed by atoms with Crippen LogP contribution in [0.15, 0.2) is 0 Å². The lowest BCUT2D eigenvalue weighted by molar-refractivity contribution is -0.0968. The Hall–Kier alpha value is -0.760. The molecule has 1 saturated heterocycles. The van der Waals surface area contributed by atoms with Crippen molar-refractivity contribution in [2.45, 2.75) is 44.2 Å². The van der Waals surface area contributed by atoms with E-state index in [0.29, 0.717) is 11.0 Å². The van der Waals surface area contributed by atoms with Gasteiger partial charge in [0, 0.05) is 19.0 Å². The molecule has 7 heteroatoms. The van der Waals surface area contributed by atoms with Crippen LogP contribution in [0.3, 0.4) is 0 Å². The van der Waals surface area contributed by atoms with Gasteiger partial charge in [-0.3, -0.25) is 10.3 Å². The van der Waals surface area contributed by atoms with E-state index in [1.807, 2.05) is 0 Å². The van der Waals surface area contributed by atoms with Gasteiger partial charge in [0.2, 0.25) is 5.13 Å². The zero-order valence-corrected chi connectivity index (χ0v) is 11.8. The van der Waals surface area contributed by atoms with Crippen LogP contribution in [0.5, 0.6) is 0 Å². The van der Waals surface area contributed by atoms with Gasteiger partial charge in [0.25, 0.3) is 0 Å². The Bertz CT molecular complexity index is 440. The van der Waals surface area contributed by atoms with E-state index in [-0.39, 0.29) is 0 Å². The number of fused-ring (bicyclic) bond motifs is 1. The monoisotopic (exact) mass is 283 g/mol. The highest BCUT2D eigenvalue weighted by Gasteiger charge is 2.42. The smallest absolute Gasteiger partial charge is 0.219 e. The fraction of sp³-hybridized carbons (Fsp3) is 0.833. The average Bonchev–Trinajstić information content (AvgIpc) is 2.87. The molecule has 0 bridgehead atoms. The number of nitrogens with zero attached hydrogens (tertiary/aromatic N) is 3. The molecule has 2 atom stereocenters. The van der Waals surface area contributed by atoms with Gasteiger partial charge in [-0.15, -0.1) is 10.2 Å². The molecule has 3 rings (SSSR count). The molecular weight excluding hydrogens is 262 g/mol. The van der Waals surface area contributed by atoms with Crippen molar-refractivity contribution in [1.29, 1.82) is 0 Å². The molecule has 0 radical (unpaired) electrons. The number of nitrogens with two attached hydrogens (primary N) is 1. The van der Waals surface area contributed by atoms with Gasteiger partial charge < -0.3 is 5.11 Å². The van der Waals surface area contributed by atoms with Gasteiger partial charge in [0.15, 0.2) is 0 Å². The number of hydrogen-bond acceptors (Lipinski definition) is 7. The Balaban J connectivity index is 1.61. The van der Waals surface area contributed by atoms with Crippen molar-refractivity contribution < 1.29 is 5.11 Å². The fourth-order valence-electron chi connectivity index (χ4n) is 3.35. The summed E-state index contributed by atoms with van der Waals surface area (Å²) in [6, 6.07) is 0. The molecule has 2 heterocycles. The molecule has 2 fully saturated rings. The highest BCUT2D eigenvalue weighted by atomic mass is 32.1. The molecule has 1 saturated carbocycles. The fourth-order valence-corrected chi connectivity index (χ4v) is 4.04. The summed E-state index contributed by atoms with van der Waals surface area (Å²) < 4.78 is 0. The summed E-state index contributed by atoms with van der Waals surface area (Å²) >= 11 is 1.49. The van der Waals surface area contributed by atoms with E-state index in [0.717, 1.165) is 43.9 Å². The third kappa shape index (κ3) is 2.74. The highest BCUT2D eigenvalue weighted by Crippen LogP contribution is 2.40. The number of piperidine rings is 1. The lowest BCUT2D eigenvalue weighted by Gasteiger charge is -2.47. The summed E-state index contributed by atoms with van der Waals surface area (Å²) in [5.74, 6) is 5.74. The molecular formula is C12H21N5OS. The van der Waals surface area contributed by atoms with Crippen molar-refractivity contribution >= 4 is 16.5 Å². The first-order chi connectivity index (χ1) is 9.19. The molecule has 2 unspecified atom stereocenters. The van der Waals surface area contributed by atoms with Gasteiger partial charge in [-0.2, -0.15) is 0 Å². The predicted octanol–water partition coefficient (Wildman–Crippen LogP) is 0.951. The zero-order valence-electron chi connectivity index (χ0n) is 11.0. The summed E-state index contributed by atoms with van der Waals surface area (Å²) in [5, 5.41) is 20.3. The predicted molar refractivity (Wildman–Crippen MR) is 74.5 cm³/mol. The second-order valence-electron chi connectivity index (χ2n) is 5.68. The molecule has 1 aromatic rings. The molecule has 0 aromatic carbocycles. The third-order valence-electron chi connectivity index (χ3n) is 4.46. The molecule has 1 aliphatic heterocycles. The van der Waals surface area contributed by atoms with Crippen LogP contribution in [0.1, 0.15) is 37.1 Å². The Morgan fingerprint density at radius 3 is 3.11 bits per heavy atom. The minimum Gasteiger partial charge on any atom is -0.390 e. The number of anilines is 1. The van der Waals surface area contributed by atoms with E-state index in [2.05, 4.69) is 20.5 Å². The van der Waals surface area contributed by atoms with Crippen LogP contribution in [0.25, 0.3) is 0 Å². The first kappa shape index (κ1) is 13.2. The average molecular weight is 283 g/mol. The molecule has 106 valence electrons. The van der Waals surface area contributed by atoms with Gasteiger partial charge in [-0.05, 0) is 19.3 Å². The SMILES string of the molecule is NNc1nnc(CN2CCC3(O)CCCCC3C2)s1. The summed E-state index contributed by atoms with van der Waals surface area (Å²) in [6.45, 7) is 2.73. The van der Waals surface area contributed by atoms with Gasteiger partial charge in [-0.1, -0.05) is 24.2 Å². The molecule has 4 N–H and O–H groups in total. The normalized spacial score (nSPS) is 32.0. The van der Waals surface area contributed by atoms with Crippen molar-refractivity contribution in [2.24, 2.45) is 11.8 Å². The van der Waals surface area contributed by atoms with Crippen LogP contribution in [0.4, 0.5) is 5.13 Å². The molecule has 1 aromatic heterocycles. The van der Waals surface area contributed by atoms with E-state index in [1.54, 1.807) is 0 Å². The number of nitrogen functional groups attached to an aromatic ring is 1. The third-order valence-corrected chi connectivity index (χ3v) is 5.30. The molecule has 0 amide bonds. The highest BCUT2D eigenvalue weighted by molar-refractivity contribution is 7.15. The van der Waals surface area contributed by atoms with Gasteiger partial charge in [0.05, 0.1) is 12.1 Å². The molecule has 1 aliphatic carbocycles. The minimum absolute atomic E-state index is 0.403. The van der Waals surface area contributed by atoms with Crippen LogP contribution in [0, 0.1) is 5.92 Å². The number of aliphatic hydroxyl groups is 1. The maximum atomic E-state index is 10.6. The van der Waals surface area contributed by atoms with E-state index >= 15 is 0 Å². The lowest BCUT2D eigenvalue weighted by atomic mass is 9.71. The summed E-state index contributed by atoms with van der Waals surface area (Å²) in [5.41, 5.74) is 2.12. The minimum atomic E-state index is -0.403. The van der Waals surface area contributed by atoms with Crippen LogP contribution in [-0.4, -0.2) is 38.9 Å². The summed E-state index contributed by atoms with van der Waals surface area (Å²) in [7, 11) is 0. The Kier molecular flexibility index (Phi) is 3.70. The number of hydrogen-bond donors (Lipinski definition) is 3. The molecule has 0 spiro atoms. The molecule has 2 aliphatic rings. The first-order valence-electron chi connectivity index (χ1n) is 6.93. The lowest BCUT2D eigenvalue weighted by Crippen LogP contribution is -2.52. The number of hydrazine groups is 1. The second kappa shape index (κ2) is 5.32. The van der Waals surface area contributed by atoms with Gasteiger partial charge in [0.1, 0.15) is 5.01 Å². The molecule has 6 nitrogen and oxygen atoms in total. The van der Waals surface area contributed by atoms with Crippen LogP contribution in [0.2, 0.25) is 0 Å². The largest absolute Gasteiger partial charge is 0.390 e. The number of likely N-dealkylation sites (tertiary alicyclic amines) is 1. The summed E-state index contributed by atoms with van der Waals surface area (Å²) in [6.07, 6.45) is 5.44. The summed E-state index contributed by atoms with van der Waals surface area (Å²) in [4.78, 5) is 2.38. The van der Waals surface area contributed by atoms with Crippen LogP contribution >= 0.6 is 11.3 Å². The van der Waals surface area contributed by atoms with Gasteiger partial charge in [-0.25, -0.2) is 5.84 Å². The second-order valence-corrected chi connectivity index (χ2v) is 6.74. The van der Waals surface area contributed by atoms with Crippen molar-refractivity contribution in [3.8, 4) is 0 Å². The van der Waals surface area contributed by atoms with E-state index in [9.17, 15) is 5.11 Å². The number of nitrogens with one attached hydrogen (secondary N) is 1. The maximum absolute atomic E-state index is 10.6. The van der Waals surface area contributed by atoms with E-state index in [1.165, 1.54) is 24.2 Å². The Morgan fingerprint density at radius 2 is 2.32 bits per heavy atom. The van der Waals surface area contributed by atoms with E-state index < -0.39 is 5.60 Å².